The molecule has 0 radical (unpaired) electrons. The van der Waals surface area contributed by atoms with Crippen LogP contribution in [0, 0.1) is 35.5 Å². The molecule has 14 heteroatoms. The molecule has 208 valence electrons. The molecule has 4 unspecified atom stereocenters. The molecule has 2 aliphatic heterocycles. The lowest BCUT2D eigenvalue weighted by Gasteiger charge is -2.44. The average molecular weight is 571 g/mol. The minimum Gasteiger partial charge on any atom is -0.272 e. The summed E-state index contributed by atoms with van der Waals surface area (Å²) in [6.45, 7) is 0. The van der Waals surface area contributed by atoms with Crippen molar-refractivity contribution in [2.24, 2.45) is 35.5 Å². The molecule has 7 rings (SSSR count). The predicted octanol–water partition coefficient (Wildman–Crippen LogP) is 1.19. The zero-order valence-corrected chi connectivity index (χ0v) is 22.3. The highest BCUT2D eigenvalue weighted by Crippen LogP contribution is 2.58. The Morgan fingerprint density at radius 3 is 1.11 bits per heavy atom. The molecule has 2 heterocycles. The maximum absolute atomic E-state index is 13.3. The van der Waals surface area contributed by atoms with Crippen LogP contribution in [0.2, 0.25) is 0 Å². The normalized spacial score (nSPS) is 36.3. The maximum atomic E-state index is 13.3. The second-order valence-electron chi connectivity index (χ2n) is 11.2. The van der Waals surface area contributed by atoms with Gasteiger partial charge in [-0.25, -0.2) is 0 Å². The van der Waals surface area contributed by atoms with E-state index >= 15 is 0 Å². The molecule has 0 aromatic rings. The highest BCUT2D eigenvalue weighted by molar-refractivity contribution is 7.87. The van der Waals surface area contributed by atoms with Crippen LogP contribution >= 0.6 is 0 Å². The molecule has 38 heavy (non-hydrogen) atoms. The van der Waals surface area contributed by atoms with E-state index in [0.717, 1.165) is 12.8 Å². The lowest BCUT2D eigenvalue weighted by Crippen LogP contribution is -2.50. The van der Waals surface area contributed by atoms with Crippen molar-refractivity contribution in [1.29, 1.82) is 0 Å². The number of imide groups is 2. The largest absolute Gasteiger partial charge is 0.291 e. The smallest absolute Gasteiger partial charge is 0.272 e. The molecule has 0 N–H and O–H groups in total. The zero-order valence-electron chi connectivity index (χ0n) is 20.6. The van der Waals surface area contributed by atoms with E-state index in [4.69, 9.17) is 8.57 Å². The Morgan fingerprint density at radius 1 is 0.526 bits per heavy atom. The molecule has 2 bridgehead atoms. The Morgan fingerprint density at radius 2 is 0.816 bits per heavy atom. The number of carbonyl (C=O) groups excluding carboxylic acids is 4. The third-order valence-corrected chi connectivity index (χ3v) is 12.5. The summed E-state index contributed by atoms with van der Waals surface area (Å²) >= 11 is 0. The summed E-state index contributed by atoms with van der Waals surface area (Å²) in [5.41, 5.74) is 0. The fourth-order valence-corrected chi connectivity index (χ4v) is 10.1. The van der Waals surface area contributed by atoms with Gasteiger partial charge in [0.1, 0.15) is 0 Å². The first kappa shape index (κ1) is 26.1. The van der Waals surface area contributed by atoms with E-state index in [-0.39, 0.29) is 0 Å². The second kappa shape index (κ2) is 9.20. The lowest BCUT2D eigenvalue weighted by atomic mass is 9.54. The predicted molar refractivity (Wildman–Crippen MR) is 128 cm³/mol. The Hall–Kier alpha value is -2.16. The lowest BCUT2D eigenvalue weighted by molar-refractivity contribution is -0.166. The molecule has 2 saturated heterocycles. The van der Waals surface area contributed by atoms with Crippen molar-refractivity contribution < 1.29 is 44.6 Å². The molecular formula is C24H30N2O10S2. The molecular weight excluding hydrogens is 540 g/mol. The van der Waals surface area contributed by atoms with Crippen molar-refractivity contribution in [3.05, 3.63) is 12.2 Å². The van der Waals surface area contributed by atoms with E-state index in [1.165, 1.54) is 0 Å². The minimum absolute atomic E-state index is 0.310. The first-order chi connectivity index (χ1) is 18.0. The molecule has 4 amide bonds. The number of hydrogen-bond acceptors (Lipinski definition) is 10. The van der Waals surface area contributed by atoms with Crippen LogP contribution in [0.25, 0.3) is 0 Å². The standard InChI is InChI=1S/C24H30N2O10S2/c27-21-17-15-11-12-16(18(17)22(28)25(21)35-37(31,32)13-7-3-1-4-8-13)20-19(15)23(29)26(24(20)30)36-38(33,34)14-9-5-2-6-10-14/h11-20H,1-10H2. The van der Waals surface area contributed by atoms with Gasteiger partial charge in [0.25, 0.3) is 43.9 Å². The first-order valence-electron chi connectivity index (χ1n) is 13.3. The Labute approximate surface area is 220 Å². The van der Waals surface area contributed by atoms with Crippen molar-refractivity contribution in [1.82, 2.24) is 10.1 Å². The molecule has 0 spiro atoms. The van der Waals surface area contributed by atoms with Crippen LogP contribution in [0.5, 0.6) is 0 Å². The monoisotopic (exact) mass is 570 g/mol. The van der Waals surface area contributed by atoms with Gasteiger partial charge in [0.2, 0.25) is 0 Å². The van der Waals surface area contributed by atoms with Gasteiger partial charge in [0.15, 0.2) is 0 Å². The number of carbonyl (C=O) groups is 4. The third-order valence-electron chi connectivity index (χ3n) is 9.21. The number of rotatable bonds is 6. The summed E-state index contributed by atoms with van der Waals surface area (Å²) in [7, 11) is -8.47. The Balaban J connectivity index is 1.24. The van der Waals surface area contributed by atoms with E-state index in [2.05, 4.69) is 0 Å². The van der Waals surface area contributed by atoms with Gasteiger partial charge in [-0.1, -0.05) is 50.7 Å². The van der Waals surface area contributed by atoms with Crippen LogP contribution in [0.1, 0.15) is 64.2 Å². The van der Waals surface area contributed by atoms with Crippen LogP contribution in [0.15, 0.2) is 12.2 Å². The van der Waals surface area contributed by atoms with Gasteiger partial charge in [0, 0.05) is 11.8 Å². The molecule has 12 nitrogen and oxygen atoms in total. The second-order valence-corrected chi connectivity index (χ2v) is 14.8. The molecule has 5 fully saturated rings. The highest BCUT2D eigenvalue weighted by atomic mass is 32.2. The van der Waals surface area contributed by atoms with Crippen LogP contribution in [-0.4, -0.2) is 61.1 Å². The number of nitrogens with zero attached hydrogens (tertiary/aromatic N) is 2. The Bertz CT molecular complexity index is 1170. The third kappa shape index (κ3) is 3.89. The van der Waals surface area contributed by atoms with Crippen LogP contribution in [0.3, 0.4) is 0 Å². The molecule has 0 aromatic carbocycles. The van der Waals surface area contributed by atoms with E-state index in [1.54, 1.807) is 12.2 Å². The average Bonchev–Trinajstić information content (AvgIpc) is 3.32. The van der Waals surface area contributed by atoms with Gasteiger partial charge < -0.3 is 0 Å². The minimum atomic E-state index is -4.24. The van der Waals surface area contributed by atoms with E-state index < -0.39 is 89.9 Å². The summed E-state index contributed by atoms with van der Waals surface area (Å²) in [4.78, 5) is 53.4. The fraction of sp³-hybridized carbons (Fsp3) is 0.750. The van der Waals surface area contributed by atoms with Gasteiger partial charge in [-0.3, -0.25) is 19.2 Å². The number of hydroxylamine groups is 4. The topological polar surface area (TPSA) is 161 Å². The van der Waals surface area contributed by atoms with Crippen molar-refractivity contribution in [3.63, 3.8) is 0 Å². The van der Waals surface area contributed by atoms with Gasteiger partial charge >= 0.3 is 0 Å². The van der Waals surface area contributed by atoms with E-state index in [1.807, 2.05) is 0 Å². The van der Waals surface area contributed by atoms with Crippen LogP contribution in [0.4, 0.5) is 0 Å². The van der Waals surface area contributed by atoms with E-state index in [9.17, 15) is 36.0 Å². The summed E-state index contributed by atoms with van der Waals surface area (Å²) in [6.07, 6.45) is 9.32. The highest BCUT2D eigenvalue weighted by Gasteiger charge is 2.70. The number of allylic oxidation sites excluding steroid dienone is 2. The summed E-state index contributed by atoms with van der Waals surface area (Å²) < 4.78 is 61.6. The van der Waals surface area contributed by atoms with E-state index in [0.29, 0.717) is 61.5 Å². The quantitative estimate of drug-likeness (QED) is 0.335. The van der Waals surface area contributed by atoms with Crippen molar-refractivity contribution >= 4 is 43.9 Å². The summed E-state index contributed by atoms with van der Waals surface area (Å²) in [5, 5.41) is -1.00. The SMILES string of the molecule is O=C1C2C3C=CC(C2C(=O)N1OS(=O)(=O)C1CCCCC1)C1C(=O)N(OS(=O)(=O)C2CCCCC2)C(=O)C31. The van der Waals surface area contributed by atoms with Crippen LogP contribution < -0.4 is 0 Å². The van der Waals surface area contributed by atoms with Gasteiger partial charge in [-0.15, -0.1) is 18.7 Å². The Kier molecular flexibility index (Phi) is 6.32. The number of hydrogen-bond donors (Lipinski definition) is 0. The van der Waals surface area contributed by atoms with Crippen molar-refractivity contribution in [2.45, 2.75) is 74.7 Å². The van der Waals surface area contributed by atoms with Gasteiger partial charge in [-0.2, -0.15) is 16.8 Å². The van der Waals surface area contributed by atoms with Gasteiger partial charge in [0.05, 0.1) is 34.2 Å². The molecule has 7 aliphatic rings. The zero-order chi connectivity index (χ0) is 27.0. The molecule has 5 aliphatic carbocycles. The molecule has 4 atom stereocenters. The first-order valence-corrected chi connectivity index (χ1v) is 16.3. The van der Waals surface area contributed by atoms with Crippen LogP contribution in [-0.2, 0) is 48.0 Å². The fourth-order valence-electron chi connectivity index (χ4n) is 7.36. The van der Waals surface area contributed by atoms with Crippen molar-refractivity contribution in [3.8, 4) is 0 Å². The maximum Gasteiger partial charge on any atom is 0.291 e. The van der Waals surface area contributed by atoms with Gasteiger partial charge in [-0.05, 0) is 25.7 Å². The molecule has 0 aromatic heterocycles. The molecule has 3 saturated carbocycles. The van der Waals surface area contributed by atoms with Crippen molar-refractivity contribution in [2.75, 3.05) is 0 Å². The number of amides is 4. The summed E-state index contributed by atoms with van der Waals surface area (Å²) in [6, 6.07) is 0. The summed E-state index contributed by atoms with van der Waals surface area (Å²) in [5.74, 6) is -9.64.